The van der Waals surface area contributed by atoms with E-state index in [-0.39, 0.29) is 5.91 Å². The lowest BCUT2D eigenvalue weighted by molar-refractivity contribution is 0.0688. The number of aromatic nitrogens is 1. The van der Waals surface area contributed by atoms with Crippen molar-refractivity contribution in [2.24, 2.45) is 0 Å². The lowest BCUT2D eigenvalue weighted by Crippen LogP contribution is -2.25. The molecule has 0 saturated heterocycles. The SMILES string of the molecule is COCCOCCCNC(=O)c1cc(Cl)cc2cccnc12. The minimum absolute atomic E-state index is 0.178. The number of nitrogens with one attached hydrogen (secondary N) is 1. The zero-order chi connectivity index (χ0) is 15.8. The maximum Gasteiger partial charge on any atom is 0.253 e. The van der Waals surface area contributed by atoms with E-state index in [1.807, 2.05) is 12.1 Å². The first-order chi connectivity index (χ1) is 10.7. The molecule has 0 atom stereocenters. The number of benzene rings is 1. The van der Waals surface area contributed by atoms with Crippen molar-refractivity contribution in [2.75, 3.05) is 33.5 Å². The second-order valence-electron chi connectivity index (χ2n) is 4.74. The highest BCUT2D eigenvalue weighted by Gasteiger charge is 2.11. The van der Waals surface area contributed by atoms with Crippen LogP contribution >= 0.6 is 11.6 Å². The average molecular weight is 323 g/mol. The fraction of sp³-hybridized carbons (Fsp3) is 0.375. The summed E-state index contributed by atoms with van der Waals surface area (Å²) in [6, 6.07) is 7.14. The number of carbonyl (C=O) groups excluding carboxylic acids is 1. The first-order valence-electron chi connectivity index (χ1n) is 7.11. The van der Waals surface area contributed by atoms with Crippen molar-refractivity contribution in [1.29, 1.82) is 0 Å². The fourth-order valence-corrected chi connectivity index (χ4v) is 2.27. The quantitative estimate of drug-likeness (QED) is 0.759. The minimum atomic E-state index is -0.178. The van der Waals surface area contributed by atoms with Gasteiger partial charge >= 0.3 is 0 Å². The second-order valence-corrected chi connectivity index (χ2v) is 5.18. The molecule has 0 aliphatic rings. The summed E-state index contributed by atoms with van der Waals surface area (Å²) < 4.78 is 10.2. The van der Waals surface area contributed by atoms with Gasteiger partial charge in [0.1, 0.15) is 0 Å². The van der Waals surface area contributed by atoms with Crippen molar-refractivity contribution >= 4 is 28.4 Å². The van der Waals surface area contributed by atoms with Gasteiger partial charge in [0, 0.05) is 36.9 Å². The molecule has 1 aromatic carbocycles. The summed E-state index contributed by atoms with van der Waals surface area (Å²) in [6.45, 7) is 2.25. The highest BCUT2D eigenvalue weighted by Crippen LogP contribution is 2.22. The van der Waals surface area contributed by atoms with E-state index in [0.717, 1.165) is 11.8 Å². The van der Waals surface area contributed by atoms with Crippen LogP contribution in [0.3, 0.4) is 0 Å². The third-order valence-corrected chi connectivity index (χ3v) is 3.32. The zero-order valence-corrected chi connectivity index (χ0v) is 13.2. The molecule has 0 fully saturated rings. The Morgan fingerprint density at radius 3 is 3.00 bits per heavy atom. The third-order valence-electron chi connectivity index (χ3n) is 3.10. The number of fused-ring (bicyclic) bond motifs is 1. The Balaban J connectivity index is 1.90. The Morgan fingerprint density at radius 2 is 2.18 bits per heavy atom. The summed E-state index contributed by atoms with van der Waals surface area (Å²) in [6.07, 6.45) is 2.40. The third kappa shape index (κ3) is 4.66. The Labute approximate surface area is 134 Å². The van der Waals surface area contributed by atoms with Crippen LogP contribution < -0.4 is 5.32 Å². The van der Waals surface area contributed by atoms with Gasteiger partial charge < -0.3 is 14.8 Å². The molecular weight excluding hydrogens is 304 g/mol. The van der Waals surface area contributed by atoms with Crippen LogP contribution in [0.1, 0.15) is 16.8 Å². The van der Waals surface area contributed by atoms with Crippen LogP contribution in [-0.2, 0) is 9.47 Å². The molecule has 1 aromatic heterocycles. The van der Waals surface area contributed by atoms with Crippen LogP contribution in [0.2, 0.25) is 5.02 Å². The number of nitrogens with zero attached hydrogens (tertiary/aromatic N) is 1. The van der Waals surface area contributed by atoms with Gasteiger partial charge in [0.2, 0.25) is 0 Å². The number of amides is 1. The molecule has 0 radical (unpaired) electrons. The second kappa shape index (κ2) is 8.68. The first-order valence-corrected chi connectivity index (χ1v) is 7.49. The van der Waals surface area contributed by atoms with E-state index >= 15 is 0 Å². The van der Waals surface area contributed by atoms with Crippen LogP contribution in [-0.4, -0.2) is 44.4 Å². The molecule has 0 spiro atoms. The number of pyridine rings is 1. The van der Waals surface area contributed by atoms with Crippen LogP contribution in [0.4, 0.5) is 0 Å². The number of ether oxygens (including phenoxy) is 2. The van der Waals surface area contributed by atoms with Crippen LogP contribution in [0, 0.1) is 0 Å². The van der Waals surface area contributed by atoms with E-state index in [9.17, 15) is 4.79 Å². The highest BCUT2D eigenvalue weighted by molar-refractivity contribution is 6.32. The molecular formula is C16H19ClN2O3. The van der Waals surface area contributed by atoms with E-state index < -0.39 is 0 Å². The molecule has 1 heterocycles. The molecule has 1 amide bonds. The standard InChI is InChI=1S/C16H19ClN2O3/c1-21-8-9-22-7-3-6-19-16(20)14-11-13(17)10-12-4-2-5-18-15(12)14/h2,4-5,10-11H,3,6-9H2,1H3,(H,19,20). The maximum atomic E-state index is 12.3. The molecule has 2 rings (SSSR count). The van der Waals surface area contributed by atoms with Crippen molar-refractivity contribution < 1.29 is 14.3 Å². The average Bonchev–Trinajstić information content (AvgIpc) is 2.53. The molecule has 1 N–H and O–H groups in total. The van der Waals surface area contributed by atoms with Crippen LogP contribution in [0.5, 0.6) is 0 Å². The summed E-state index contributed by atoms with van der Waals surface area (Å²) in [4.78, 5) is 16.5. The summed E-state index contributed by atoms with van der Waals surface area (Å²) in [5.41, 5.74) is 1.14. The van der Waals surface area contributed by atoms with E-state index in [2.05, 4.69) is 10.3 Å². The van der Waals surface area contributed by atoms with E-state index in [0.29, 0.717) is 42.5 Å². The first kappa shape index (κ1) is 16.7. The maximum absolute atomic E-state index is 12.3. The lowest BCUT2D eigenvalue weighted by atomic mass is 10.1. The summed E-state index contributed by atoms with van der Waals surface area (Å²) in [5, 5.41) is 4.23. The number of rotatable bonds is 8. The van der Waals surface area contributed by atoms with Crippen molar-refractivity contribution in [2.45, 2.75) is 6.42 Å². The van der Waals surface area contributed by atoms with Gasteiger partial charge in [-0.1, -0.05) is 17.7 Å². The fourth-order valence-electron chi connectivity index (χ4n) is 2.04. The molecule has 0 bridgehead atoms. The Kier molecular flexibility index (Phi) is 6.58. The van der Waals surface area contributed by atoms with Gasteiger partial charge in [-0.15, -0.1) is 0 Å². The molecule has 0 unspecified atom stereocenters. The van der Waals surface area contributed by atoms with Gasteiger partial charge in [-0.05, 0) is 24.6 Å². The molecule has 5 nitrogen and oxygen atoms in total. The van der Waals surface area contributed by atoms with Crippen molar-refractivity contribution in [3.05, 3.63) is 41.0 Å². The molecule has 2 aromatic rings. The number of hydrogen-bond donors (Lipinski definition) is 1. The van der Waals surface area contributed by atoms with Gasteiger partial charge in [-0.25, -0.2) is 0 Å². The number of carbonyl (C=O) groups is 1. The predicted octanol–water partition coefficient (Wildman–Crippen LogP) is 2.67. The molecule has 6 heteroatoms. The summed E-state index contributed by atoms with van der Waals surface area (Å²) >= 11 is 6.06. The summed E-state index contributed by atoms with van der Waals surface area (Å²) in [7, 11) is 1.63. The number of methoxy groups -OCH3 is 1. The predicted molar refractivity (Wildman–Crippen MR) is 86.4 cm³/mol. The molecule has 0 saturated carbocycles. The van der Waals surface area contributed by atoms with Gasteiger partial charge in [0.25, 0.3) is 5.91 Å². The molecule has 0 aliphatic carbocycles. The van der Waals surface area contributed by atoms with Gasteiger partial charge in [0.15, 0.2) is 0 Å². The lowest BCUT2D eigenvalue weighted by Gasteiger charge is -2.08. The Bertz CT molecular complexity index is 634. The normalized spacial score (nSPS) is 10.8. The largest absolute Gasteiger partial charge is 0.382 e. The van der Waals surface area contributed by atoms with E-state index in [1.54, 1.807) is 25.4 Å². The number of hydrogen-bond acceptors (Lipinski definition) is 4. The number of halogens is 1. The smallest absolute Gasteiger partial charge is 0.253 e. The summed E-state index contributed by atoms with van der Waals surface area (Å²) in [5.74, 6) is -0.178. The van der Waals surface area contributed by atoms with Gasteiger partial charge in [-0.3, -0.25) is 9.78 Å². The Hall–Kier alpha value is -1.69. The molecule has 22 heavy (non-hydrogen) atoms. The molecule has 118 valence electrons. The van der Waals surface area contributed by atoms with Crippen LogP contribution in [0.25, 0.3) is 10.9 Å². The van der Waals surface area contributed by atoms with E-state index in [1.165, 1.54) is 0 Å². The van der Waals surface area contributed by atoms with Crippen molar-refractivity contribution in [3.8, 4) is 0 Å². The van der Waals surface area contributed by atoms with Gasteiger partial charge in [-0.2, -0.15) is 0 Å². The van der Waals surface area contributed by atoms with E-state index in [4.69, 9.17) is 21.1 Å². The Morgan fingerprint density at radius 1 is 1.32 bits per heavy atom. The van der Waals surface area contributed by atoms with Crippen molar-refractivity contribution in [1.82, 2.24) is 10.3 Å². The minimum Gasteiger partial charge on any atom is -0.382 e. The van der Waals surface area contributed by atoms with Crippen molar-refractivity contribution in [3.63, 3.8) is 0 Å². The topological polar surface area (TPSA) is 60.5 Å². The van der Waals surface area contributed by atoms with Gasteiger partial charge in [0.05, 0.1) is 24.3 Å². The highest BCUT2D eigenvalue weighted by atomic mass is 35.5. The van der Waals surface area contributed by atoms with Crippen LogP contribution in [0.15, 0.2) is 30.5 Å². The molecule has 0 aliphatic heterocycles. The zero-order valence-electron chi connectivity index (χ0n) is 12.5. The monoisotopic (exact) mass is 322 g/mol.